The molecule has 2 N–H and O–H groups in total. The molecule has 0 amide bonds. The van der Waals surface area contributed by atoms with Crippen LogP contribution in [0.1, 0.15) is 42.3 Å². The molecule has 4 heteroatoms. The second-order valence-corrected chi connectivity index (χ2v) is 6.57. The first-order chi connectivity index (χ1) is 11.7. The van der Waals surface area contributed by atoms with Gasteiger partial charge in [-0.3, -0.25) is 0 Å². The Bertz CT molecular complexity index is 848. The number of nitrogens with zero attached hydrogens (tertiary/aromatic N) is 2. The largest absolute Gasteiger partial charge is 0.398 e. The Balaban J connectivity index is 1.84. The number of anilines is 1. The van der Waals surface area contributed by atoms with Crippen molar-refractivity contribution in [3.63, 3.8) is 0 Å². The predicted octanol–water partition coefficient (Wildman–Crippen LogP) is 4.22. The number of nitrogens with two attached hydrogens (primary N) is 1. The molecular weight excluding hydrogens is 298 g/mol. The van der Waals surface area contributed by atoms with Crippen molar-refractivity contribution < 1.29 is 4.74 Å². The summed E-state index contributed by atoms with van der Waals surface area (Å²) in [5.41, 5.74) is 11.7. The Labute approximate surface area is 142 Å². The van der Waals surface area contributed by atoms with Gasteiger partial charge in [0.2, 0.25) is 0 Å². The van der Waals surface area contributed by atoms with Gasteiger partial charge < -0.3 is 10.5 Å². The topological polar surface area (TPSA) is 53.1 Å². The van der Waals surface area contributed by atoms with Gasteiger partial charge >= 0.3 is 0 Å². The fourth-order valence-corrected chi connectivity index (χ4v) is 3.49. The van der Waals surface area contributed by atoms with Crippen molar-refractivity contribution in [3.05, 3.63) is 59.3 Å². The molecule has 2 heterocycles. The highest BCUT2D eigenvalue weighted by molar-refractivity contribution is 5.94. The molecule has 0 aliphatic carbocycles. The van der Waals surface area contributed by atoms with Crippen LogP contribution >= 0.6 is 0 Å². The summed E-state index contributed by atoms with van der Waals surface area (Å²) in [6, 6.07) is 14.6. The molecule has 4 nitrogen and oxygen atoms in total. The molecule has 4 rings (SSSR count). The number of rotatable bonds is 3. The van der Waals surface area contributed by atoms with Gasteiger partial charge in [-0.1, -0.05) is 36.4 Å². The maximum absolute atomic E-state index is 6.42. The van der Waals surface area contributed by atoms with Crippen LogP contribution < -0.4 is 5.73 Å². The van der Waals surface area contributed by atoms with E-state index in [-0.39, 0.29) is 6.23 Å². The first-order valence-electron chi connectivity index (χ1n) is 8.66. The van der Waals surface area contributed by atoms with Gasteiger partial charge in [0.1, 0.15) is 0 Å². The van der Waals surface area contributed by atoms with E-state index in [0.717, 1.165) is 53.7 Å². The first kappa shape index (κ1) is 15.2. The number of ether oxygens (including phenoxy) is 1. The number of aryl methyl sites for hydroxylation is 1. The molecule has 1 unspecified atom stereocenters. The second kappa shape index (κ2) is 6.29. The summed E-state index contributed by atoms with van der Waals surface area (Å²) in [7, 11) is 0. The Hall–Kier alpha value is -2.33. The normalized spacial score (nSPS) is 18.1. The molecule has 0 bridgehead atoms. The lowest BCUT2D eigenvalue weighted by molar-refractivity contribution is -0.0368. The standard InChI is InChI=1S/C20H23N3O/c1-14-10-11-17-19(20(14)21)16(13-15-7-3-2-4-8-15)22-23(17)18-9-5-6-12-24-18/h2-4,7-8,10-11,18H,5-6,9,12-13,21H2,1H3. The van der Waals surface area contributed by atoms with E-state index in [1.54, 1.807) is 0 Å². The number of aromatic nitrogens is 2. The van der Waals surface area contributed by atoms with Crippen molar-refractivity contribution in [1.29, 1.82) is 0 Å². The van der Waals surface area contributed by atoms with Gasteiger partial charge in [-0.25, -0.2) is 4.68 Å². The molecule has 1 aliphatic heterocycles. The Kier molecular flexibility index (Phi) is 3.98. The third kappa shape index (κ3) is 2.67. The van der Waals surface area contributed by atoms with Crippen molar-refractivity contribution in [2.24, 2.45) is 0 Å². The molecule has 1 aliphatic rings. The van der Waals surface area contributed by atoms with Crippen LogP contribution in [0.2, 0.25) is 0 Å². The van der Waals surface area contributed by atoms with E-state index in [1.807, 2.05) is 10.7 Å². The van der Waals surface area contributed by atoms with Crippen LogP contribution in [0.25, 0.3) is 10.9 Å². The summed E-state index contributed by atoms with van der Waals surface area (Å²) < 4.78 is 8.01. The Morgan fingerprint density at radius 3 is 2.75 bits per heavy atom. The summed E-state index contributed by atoms with van der Waals surface area (Å²) in [4.78, 5) is 0. The summed E-state index contributed by atoms with van der Waals surface area (Å²) in [5, 5.41) is 6.00. The molecular formula is C20H23N3O. The van der Waals surface area contributed by atoms with Gasteiger partial charge in [0.15, 0.2) is 6.23 Å². The van der Waals surface area contributed by atoms with E-state index < -0.39 is 0 Å². The highest BCUT2D eigenvalue weighted by atomic mass is 16.5. The highest BCUT2D eigenvalue weighted by Crippen LogP contribution is 2.33. The number of nitrogen functional groups attached to an aromatic ring is 1. The van der Waals surface area contributed by atoms with Gasteiger partial charge in [-0.05, 0) is 43.4 Å². The molecule has 2 aromatic carbocycles. The monoisotopic (exact) mass is 321 g/mol. The van der Waals surface area contributed by atoms with Gasteiger partial charge in [0, 0.05) is 24.1 Å². The maximum Gasteiger partial charge on any atom is 0.150 e. The molecule has 1 saturated heterocycles. The lowest BCUT2D eigenvalue weighted by atomic mass is 10.0. The third-order valence-corrected chi connectivity index (χ3v) is 4.85. The molecule has 24 heavy (non-hydrogen) atoms. The van der Waals surface area contributed by atoms with E-state index in [1.165, 1.54) is 12.0 Å². The van der Waals surface area contributed by atoms with Crippen molar-refractivity contribution in [2.75, 3.05) is 12.3 Å². The van der Waals surface area contributed by atoms with Gasteiger partial charge in [-0.15, -0.1) is 0 Å². The van der Waals surface area contributed by atoms with Crippen molar-refractivity contribution in [1.82, 2.24) is 9.78 Å². The number of hydrogen-bond donors (Lipinski definition) is 1. The molecule has 1 aromatic heterocycles. The van der Waals surface area contributed by atoms with Crippen LogP contribution in [0.15, 0.2) is 42.5 Å². The van der Waals surface area contributed by atoms with E-state index in [4.69, 9.17) is 15.6 Å². The van der Waals surface area contributed by atoms with E-state index in [2.05, 4.69) is 43.3 Å². The van der Waals surface area contributed by atoms with Crippen LogP contribution in [-0.2, 0) is 11.2 Å². The summed E-state index contributed by atoms with van der Waals surface area (Å²) >= 11 is 0. The van der Waals surface area contributed by atoms with Crippen molar-refractivity contribution in [2.45, 2.75) is 38.8 Å². The second-order valence-electron chi connectivity index (χ2n) is 6.57. The lowest BCUT2D eigenvalue weighted by Crippen LogP contribution is -2.19. The molecule has 0 spiro atoms. The van der Waals surface area contributed by atoms with Gasteiger partial charge in [-0.2, -0.15) is 5.10 Å². The molecule has 0 saturated carbocycles. The first-order valence-corrected chi connectivity index (χ1v) is 8.66. The zero-order chi connectivity index (χ0) is 16.5. The highest BCUT2D eigenvalue weighted by Gasteiger charge is 2.22. The van der Waals surface area contributed by atoms with Crippen LogP contribution in [0.5, 0.6) is 0 Å². The van der Waals surface area contributed by atoms with E-state index in [0.29, 0.717) is 0 Å². The maximum atomic E-state index is 6.42. The average Bonchev–Trinajstić information content (AvgIpc) is 2.99. The van der Waals surface area contributed by atoms with Crippen molar-refractivity contribution >= 4 is 16.6 Å². The minimum absolute atomic E-state index is 0.0212. The van der Waals surface area contributed by atoms with Gasteiger partial charge in [0.25, 0.3) is 0 Å². The van der Waals surface area contributed by atoms with Crippen LogP contribution in [0.3, 0.4) is 0 Å². The number of benzene rings is 2. The summed E-state index contributed by atoms with van der Waals surface area (Å²) in [6.07, 6.45) is 4.13. The molecule has 3 aromatic rings. The van der Waals surface area contributed by atoms with Crippen LogP contribution in [0, 0.1) is 6.92 Å². The van der Waals surface area contributed by atoms with Crippen LogP contribution in [-0.4, -0.2) is 16.4 Å². The number of hydrogen-bond acceptors (Lipinski definition) is 3. The van der Waals surface area contributed by atoms with Crippen molar-refractivity contribution in [3.8, 4) is 0 Å². The van der Waals surface area contributed by atoms with E-state index in [9.17, 15) is 0 Å². The predicted molar refractivity (Wildman–Crippen MR) is 97.0 cm³/mol. The quantitative estimate of drug-likeness (QED) is 0.735. The molecule has 1 atom stereocenters. The zero-order valence-electron chi connectivity index (χ0n) is 14.0. The third-order valence-electron chi connectivity index (χ3n) is 4.85. The average molecular weight is 321 g/mol. The minimum atomic E-state index is 0.0212. The zero-order valence-corrected chi connectivity index (χ0v) is 14.0. The SMILES string of the molecule is Cc1ccc2c(c(Cc3ccccc3)nn2C2CCCCO2)c1N. The Morgan fingerprint density at radius 2 is 2.00 bits per heavy atom. The van der Waals surface area contributed by atoms with Crippen LogP contribution in [0.4, 0.5) is 5.69 Å². The minimum Gasteiger partial charge on any atom is -0.398 e. The number of fused-ring (bicyclic) bond motifs is 1. The summed E-state index contributed by atoms with van der Waals surface area (Å²) in [6.45, 7) is 2.86. The summed E-state index contributed by atoms with van der Waals surface area (Å²) in [5.74, 6) is 0. The Morgan fingerprint density at radius 1 is 1.17 bits per heavy atom. The smallest absolute Gasteiger partial charge is 0.150 e. The van der Waals surface area contributed by atoms with E-state index >= 15 is 0 Å². The lowest BCUT2D eigenvalue weighted by Gasteiger charge is -2.23. The molecule has 124 valence electrons. The fourth-order valence-electron chi connectivity index (χ4n) is 3.49. The molecule has 0 radical (unpaired) electrons. The fraction of sp³-hybridized carbons (Fsp3) is 0.350. The molecule has 1 fully saturated rings. The van der Waals surface area contributed by atoms with Gasteiger partial charge in [0.05, 0.1) is 11.2 Å².